The smallest absolute Gasteiger partial charge is 0.303 e. The Hall–Kier alpha value is -1.18. The van der Waals surface area contributed by atoms with Crippen LogP contribution in [0.4, 0.5) is 0 Å². The molecule has 1 saturated heterocycles. The number of methoxy groups -OCH3 is 1. The molecule has 0 aromatic rings. The van der Waals surface area contributed by atoms with Gasteiger partial charge >= 0.3 is 11.9 Å². The Labute approximate surface area is 105 Å². The average molecular weight is 262 g/mol. The summed E-state index contributed by atoms with van der Waals surface area (Å²) >= 11 is 0. The highest BCUT2D eigenvalue weighted by atomic mass is 16.7. The third kappa shape index (κ3) is 3.41. The van der Waals surface area contributed by atoms with Gasteiger partial charge in [-0.3, -0.25) is 9.59 Å². The van der Waals surface area contributed by atoms with E-state index in [1.165, 1.54) is 21.0 Å². The number of carbonyl (C=O) groups is 2. The van der Waals surface area contributed by atoms with Gasteiger partial charge in [0.15, 0.2) is 18.5 Å². The SMILES string of the molecule is CO[C@@H]1[C@@H](OC(C)=O)[C@H](C)O[C@@H](O)[C@@H]1OC(C)=O. The second kappa shape index (κ2) is 6.12. The number of esters is 2. The van der Waals surface area contributed by atoms with Crippen LogP contribution in [-0.2, 0) is 28.5 Å². The Balaban J connectivity index is 2.88. The monoisotopic (exact) mass is 262 g/mol. The van der Waals surface area contributed by atoms with E-state index in [0.29, 0.717) is 0 Å². The first-order chi connectivity index (χ1) is 8.36. The normalized spacial score (nSPS) is 35.9. The second-order valence-corrected chi connectivity index (χ2v) is 4.08. The lowest BCUT2D eigenvalue weighted by Crippen LogP contribution is -2.59. The zero-order valence-corrected chi connectivity index (χ0v) is 10.8. The summed E-state index contributed by atoms with van der Waals surface area (Å²) in [6.45, 7) is 4.09. The quantitative estimate of drug-likeness (QED) is 0.692. The van der Waals surface area contributed by atoms with Crippen LogP contribution < -0.4 is 0 Å². The van der Waals surface area contributed by atoms with Crippen molar-refractivity contribution in [1.29, 1.82) is 0 Å². The first-order valence-corrected chi connectivity index (χ1v) is 5.57. The van der Waals surface area contributed by atoms with Crippen LogP contribution in [0.5, 0.6) is 0 Å². The molecule has 0 radical (unpaired) electrons. The van der Waals surface area contributed by atoms with Crippen molar-refractivity contribution in [3.63, 3.8) is 0 Å². The van der Waals surface area contributed by atoms with Crippen LogP contribution >= 0.6 is 0 Å². The molecule has 0 aromatic carbocycles. The van der Waals surface area contributed by atoms with Crippen LogP contribution in [0.3, 0.4) is 0 Å². The minimum absolute atomic E-state index is 0.504. The van der Waals surface area contributed by atoms with Crippen molar-refractivity contribution in [2.45, 2.75) is 51.5 Å². The maximum Gasteiger partial charge on any atom is 0.303 e. The van der Waals surface area contributed by atoms with Crippen molar-refractivity contribution in [2.24, 2.45) is 0 Å². The largest absolute Gasteiger partial charge is 0.457 e. The Morgan fingerprint density at radius 2 is 1.56 bits per heavy atom. The molecule has 0 saturated carbocycles. The summed E-state index contributed by atoms with van der Waals surface area (Å²) < 4.78 is 20.3. The zero-order chi connectivity index (χ0) is 13.9. The highest BCUT2D eigenvalue weighted by molar-refractivity contribution is 5.67. The van der Waals surface area contributed by atoms with E-state index in [2.05, 4.69) is 0 Å². The number of carbonyl (C=O) groups excluding carboxylic acids is 2. The molecule has 1 aliphatic heterocycles. The van der Waals surface area contributed by atoms with E-state index in [0.717, 1.165) is 0 Å². The lowest BCUT2D eigenvalue weighted by atomic mass is 9.99. The fourth-order valence-corrected chi connectivity index (χ4v) is 1.93. The van der Waals surface area contributed by atoms with Crippen LogP contribution in [0.15, 0.2) is 0 Å². The standard InChI is InChI=1S/C11H18O7/c1-5-8(17-6(2)12)9(15-4)10(11(14)16-5)18-7(3)13/h5,8-11,14H,1-4H3/t5-,8-,9+,10+,11+/m0/s1. The van der Waals surface area contributed by atoms with E-state index in [9.17, 15) is 14.7 Å². The molecule has 0 bridgehead atoms. The van der Waals surface area contributed by atoms with E-state index in [-0.39, 0.29) is 0 Å². The highest BCUT2D eigenvalue weighted by Crippen LogP contribution is 2.26. The molecule has 1 fully saturated rings. The highest BCUT2D eigenvalue weighted by Gasteiger charge is 2.47. The molecule has 0 aliphatic carbocycles. The lowest BCUT2D eigenvalue weighted by Gasteiger charge is -2.41. The summed E-state index contributed by atoms with van der Waals surface area (Å²) in [5, 5.41) is 9.72. The third-order valence-corrected chi connectivity index (χ3v) is 2.62. The number of ether oxygens (including phenoxy) is 4. The molecule has 0 aromatic heterocycles. The molecule has 1 aliphatic rings. The van der Waals surface area contributed by atoms with Gasteiger partial charge in [-0.1, -0.05) is 0 Å². The van der Waals surface area contributed by atoms with Gasteiger partial charge in [-0.05, 0) is 6.92 Å². The second-order valence-electron chi connectivity index (χ2n) is 4.08. The Kier molecular flexibility index (Phi) is 5.06. The minimum Gasteiger partial charge on any atom is -0.457 e. The molecule has 0 spiro atoms. The molecule has 7 heteroatoms. The predicted octanol–water partition coefficient (Wildman–Crippen LogP) is -0.398. The molecule has 1 rings (SSSR count). The molecule has 18 heavy (non-hydrogen) atoms. The summed E-state index contributed by atoms with van der Waals surface area (Å²) in [6, 6.07) is 0. The maximum atomic E-state index is 11.0. The summed E-state index contributed by atoms with van der Waals surface area (Å²) in [6.07, 6.45) is -4.45. The Morgan fingerprint density at radius 3 is 2.00 bits per heavy atom. The fourth-order valence-electron chi connectivity index (χ4n) is 1.93. The summed E-state index contributed by atoms with van der Waals surface area (Å²) in [5.74, 6) is -1.09. The number of aliphatic hydroxyl groups excluding tert-OH is 1. The summed E-state index contributed by atoms with van der Waals surface area (Å²) in [5.41, 5.74) is 0. The van der Waals surface area contributed by atoms with Crippen molar-refractivity contribution in [3.05, 3.63) is 0 Å². The average Bonchev–Trinajstić information content (AvgIpc) is 2.24. The third-order valence-electron chi connectivity index (χ3n) is 2.62. The number of hydrogen-bond donors (Lipinski definition) is 1. The van der Waals surface area contributed by atoms with Gasteiger partial charge in [0.25, 0.3) is 0 Å². The summed E-state index contributed by atoms with van der Waals surface area (Å²) in [4.78, 5) is 22.0. The number of rotatable bonds is 3. The maximum absolute atomic E-state index is 11.0. The molecule has 5 atom stereocenters. The van der Waals surface area contributed by atoms with Gasteiger partial charge in [-0.15, -0.1) is 0 Å². The summed E-state index contributed by atoms with van der Waals surface area (Å²) in [7, 11) is 1.38. The molecule has 0 amide bonds. The lowest BCUT2D eigenvalue weighted by molar-refractivity contribution is -0.289. The van der Waals surface area contributed by atoms with Gasteiger partial charge in [0, 0.05) is 21.0 Å². The van der Waals surface area contributed by atoms with E-state index < -0.39 is 42.6 Å². The predicted molar refractivity (Wildman–Crippen MR) is 58.5 cm³/mol. The molecular formula is C11H18O7. The Bertz CT molecular complexity index is 289. The topological polar surface area (TPSA) is 91.3 Å². The van der Waals surface area contributed by atoms with Crippen LogP contribution in [0.1, 0.15) is 20.8 Å². The van der Waals surface area contributed by atoms with Crippen molar-refractivity contribution in [3.8, 4) is 0 Å². The van der Waals surface area contributed by atoms with Gasteiger partial charge in [0.05, 0.1) is 6.10 Å². The van der Waals surface area contributed by atoms with Crippen LogP contribution in [-0.4, -0.2) is 54.9 Å². The van der Waals surface area contributed by atoms with Crippen LogP contribution in [0.25, 0.3) is 0 Å². The van der Waals surface area contributed by atoms with Crippen LogP contribution in [0, 0.1) is 0 Å². The van der Waals surface area contributed by atoms with E-state index in [4.69, 9.17) is 18.9 Å². The van der Waals surface area contributed by atoms with E-state index in [1.807, 2.05) is 0 Å². The van der Waals surface area contributed by atoms with Gasteiger partial charge in [0.2, 0.25) is 0 Å². The minimum atomic E-state index is -1.32. The van der Waals surface area contributed by atoms with E-state index >= 15 is 0 Å². The molecule has 1 heterocycles. The number of hydrogen-bond acceptors (Lipinski definition) is 7. The fraction of sp³-hybridized carbons (Fsp3) is 0.818. The van der Waals surface area contributed by atoms with Gasteiger partial charge in [-0.25, -0.2) is 0 Å². The molecule has 7 nitrogen and oxygen atoms in total. The van der Waals surface area contributed by atoms with Crippen LogP contribution in [0.2, 0.25) is 0 Å². The van der Waals surface area contributed by atoms with Gasteiger partial charge in [-0.2, -0.15) is 0 Å². The molecule has 0 unspecified atom stereocenters. The number of aliphatic hydroxyl groups is 1. The first kappa shape index (κ1) is 14.9. The van der Waals surface area contributed by atoms with Crippen molar-refractivity contribution in [1.82, 2.24) is 0 Å². The zero-order valence-electron chi connectivity index (χ0n) is 10.8. The molecule has 1 N–H and O–H groups in total. The van der Waals surface area contributed by atoms with Crippen molar-refractivity contribution in [2.75, 3.05) is 7.11 Å². The van der Waals surface area contributed by atoms with Gasteiger partial charge in [0.1, 0.15) is 6.10 Å². The van der Waals surface area contributed by atoms with Crippen molar-refractivity contribution < 1.29 is 33.6 Å². The molecular weight excluding hydrogens is 244 g/mol. The Morgan fingerprint density at radius 1 is 1.06 bits per heavy atom. The molecule has 104 valence electrons. The van der Waals surface area contributed by atoms with Crippen molar-refractivity contribution >= 4 is 11.9 Å². The van der Waals surface area contributed by atoms with Gasteiger partial charge < -0.3 is 24.1 Å². The first-order valence-electron chi connectivity index (χ1n) is 5.57. The van der Waals surface area contributed by atoms with E-state index in [1.54, 1.807) is 6.92 Å².